The molecular weight excluding hydrogens is 216 g/mol. The van der Waals surface area contributed by atoms with Gasteiger partial charge < -0.3 is 15.0 Å². The highest BCUT2D eigenvalue weighted by atomic mass is 35.5. The monoisotopic (exact) mass is 228 g/mol. The molecule has 4 nitrogen and oxygen atoms in total. The third kappa shape index (κ3) is 2.61. The predicted molar refractivity (Wildman–Crippen MR) is 60.4 cm³/mol. The Bertz CT molecular complexity index is 416. The van der Waals surface area contributed by atoms with Crippen molar-refractivity contribution in [2.24, 2.45) is 5.73 Å². The minimum Gasteiger partial charge on any atom is -0.475 e. The van der Waals surface area contributed by atoms with Crippen LogP contribution in [-0.2, 0) is 0 Å². The summed E-state index contributed by atoms with van der Waals surface area (Å²) in [7, 11) is 0. The average molecular weight is 229 g/mol. The van der Waals surface area contributed by atoms with Gasteiger partial charge in [0.2, 0.25) is 0 Å². The van der Waals surface area contributed by atoms with Gasteiger partial charge in [-0.2, -0.15) is 0 Å². The van der Waals surface area contributed by atoms with Crippen LogP contribution in [0.25, 0.3) is 11.0 Å². The first-order chi connectivity index (χ1) is 6.92. The topological polar surface area (TPSA) is 61.3 Å². The quantitative estimate of drug-likeness (QED) is 0.813. The lowest BCUT2D eigenvalue weighted by Crippen LogP contribution is -2.06. The van der Waals surface area contributed by atoms with Gasteiger partial charge in [0.05, 0.1) is 12.0 Å². The number of nitrogens with two attached hydrogens (primary N) is 1. The number of aromatic nitrogens is 1. The van der Waals surface area contributed by atoms with Gasteiger partial charge in [0.25, 0.3) is 5.88 Å². The van der Waals surface area contributed by atoms with E-state index in [0.29, 0.717) is 19.0 Å². The molecule has 82 valence electrons. The highest BCUT2D eigenvalue weighted by Crippen LogP contribution is 2.23. The van der Waals surface area contributed by atoms with Crippen molar-refractivity contribution in [2.45, 2.75) is 6.42 Å². The van der Waals surface area contributed by atoms with Crippen molar-refractivity contribution < 1.29 is 9.26 Å². The molecule has 0 aliphatic rings. The zero-order chi connectivity index (χ0) is 9.80. The normalized spacial score (nSPS) is 9.93. The Kier molecular flexibility index (Phi) is 4.39. The molecule has 0 fully saturated rings. The fourth-order valence-electron chi connectivity index (χ4n) is 1.22. The summed E-state index contributed by atoms with van der Waals surface area (Å²) in [5, 5.41) is 4.74. The number of hydrogen-bond donors (Lipinski definition) is 1. The number of rotatable bonds is 4. The van der Waals surface area contributed by atoms with Crippen LogP contribution in [-0.4, -0.2) is 18.3 Å². The van der Waals surface area contributed by atoms with Crippen molar-refractivity contribution in [1.29, 1.82) is 0 Å². The summed E-state index contributed by atoms with van der Waals surface area (Å²) in [5.74, 6) is 0.550. The predicted octanol–water partition coefficient (Wildman–Crippen LogP) is 1.98. The Morgan fingerprint density at radius 3 is 2.93 bits per heavy atom. The Balaban J connectivity index is 0.00000112. The van der Waals surface area contributed by atoms with Crippen molar-refractivity contribution in [1.82, 2.24) is 5.16 Å². The van der Waals surface area contributed by atoms with E-state index in [1.807, 2.05) is 24.3 Å². The van der Waals surface area contributed by atoms with E-state index < -0.39 is 0 Å². The molecule has 0 radical (unpaired) electrons. The van der Waals surface area contributed by atoms with E-state index in [0.717, 1.165) is 17.4 Å². The minimum atomic E-state index is 0. The molecule has 1 aromatic heterocycles. The summed E-state index contributed by atoms with van der Waals surface area (Å²) < 4.78 is 10.5. The second-order valence-corrected chi connectivity index (χ2v) is 2.97. The van der Waals surface area contributed by atoms with Gasteiger partial charge in [-0.3, -0.25) is 0 Å². The molecule has 1 aromatic carbocycles. The molecule has 0 atom stereocenters. The Labute approximate surface area is 93.8 Å². The highest BCUT2D eigenvalue weighted by molar-refractivity contribution is 5.85. The SMILES string of the molecule is Cl.NCCCOc1noc2ccccc12. The van der Waals surface area contributed by atoms with Crippen molar-refractivity contribution in [2.75, 3.05) is 13.2 Å². The molecule has 0 saturated carbocycles. The Morgan fingerprint density at radius 1 is 1.33 bits per heavy atom. The third-order valence-corrected chi connectivity index (χ3v) is 1.93. The Hall–Kier alpha value is -1.26. The molecule has 0 spiro atoms. The van der Waals surface area contributed by atoms with Gasteiger partial charge in [0, 0.05) is 0 Å². The van der Waals surface area contributed by atoms with E-state index in [-0.39, 0.29) is 12.4 Å². The van der Waals surface area contributed by atoms with E-state index >= 15 is 0 Å². The smallest absolute Gasteiger partial charge is 0.262 e. The van der Waals surface area contributed by atoms with E-state index in [2.05, 4.69) is 5.16 Å². The van der Waals surface area contributed by atoms with Gasteiger partial charge >= 0.3 is 0 Å². The minimum absolute atomic E-state index is 0. The molecule has 0 unspecified atom stereocenters. The van der Waals surface area contributed by atoms with E-state index in [4.69, 9.17) is 15.0 Å². The number of nitrogens with zero attached hydrogens (tertiary/aromatic N) is 1. The lowest BCUT2D eigenvalue weighted by molar-refractivity contribution is 0.282. The summed E-state index contributed by atoms with van der Waals surface area (Å²) in [6, 6.07) is 7.61. The highest BCUT2D eigenvalue weighted by Gasteiger charge is 2.07. The van der Waals surface area contributed by atoms with Gasteiger partial charge in [-0.1, -0.05) is 12.1 Å². The molecule has 2 N–H and O–H groups in total. The van der Waals surface area contributed by atoms with Crippen LogP contribution in [0.3, 0.4) is 0 Å². The number of ether oxygens (including phenoxy) is 1. The summed E-state index contributed by atoms with van der Waals surface area (Å²) in [6.07, 6.45) is 0.821. The first-order valence-electron chi connectivity index (χ1n) is 4.59. The molecule has 2 aromatic rings. The van der Waals surface area contributed by atoms with Crippen LogP contribution < -0.4 is 10.5 Å². The van der Waals surface area contributed by atoms with Gasteiger partial charge in [0.1, 0.15) is 0 Å². The first-order valence-corrected chi connectivity index (χ1v) is 4.59. The van der Waals surface area contributed by atoms with E-state index in [1.54, 1.807) is 0 Å². The maximum Gasteiger partial charge on any atom is 0.262 e. The lowest BCUT2D eigenvalue weighted by atomic mass is 10.3. The second-order valence-electron chi connectivity index (χ2n) is 2.97. The number of para-hydroxylation sites is 1. The molecule has 0 aliphatic carbocycles. The van der Waals surface area contributed by atoms with E-state index in [1.165, 1.54) is 0 Å². The van der Waals surface area contributed by atoms with Crippen LogP contribution in [0.2, 0.25) is 0 Å². The molecule has 5 heteroatoms. The molecule has 0 bridgehead atoms. The fourth-order valence-corrected chi connectivity index (χ4v) is 1.22. The van der Waals surface area contributed by atoms with Crippen LogP contribution in [0, 0.1) is 0 Å². The van der Waals surface area contributed by atoms with Crippen molar-refractivity contribution in [3.05, 3.63) is 24.3 Å². The molecule has 2 rings (SSSR count). The van der Waals surface area contributed by atoms with Crippen LogP contribution in [0.5, 0.6) is 5.88 Å². The molecular formula is C10H13ClN2O2. The van der Waals surface area contributed by atoms with Gasteiger partial charge in [-0.05, 0) is 30.3 Å². The largest absolute Gasteiger partial charge is 0.475 e. The summed E-state index contributed by atoms with van der Waals surface area (Å²) >= 11 is 0. The number of fused-ring (bicyclic) bond motifs is 1. The van der Waals surface area contributed by atoms with Crippen molar-refractivity contribution in [3.63, 3.8) is 0 Å². The van der Waals surface area contributed by atoms with Crippen LogP contribution in [0.4, 0.5) is 0 Å². The molecule has 15 heavy (non-hydrogen) atoms. The third-order valence-electron chi connectivity index (χ3n) is 1.93. The maximum atomic E-state index is 5.41. The number of hydrogen-bond acceptors (Lipinski definition) is 4. The van der Waals surface area contributed by atoms with Crippen LogP contribution in [0.1, 0.15) is 6.42 Å². The maximum absolute atomic E-state index is 5.41. The molecule has 0 aliphatic heterocycles. The van der Waals surface area contributed by atoms with Crippen molar-refractivity contribution in [3.8, 4) is 5.88 Å². The van der Waals surface area contributed by atoms with Gasteiger partial charge in [0.15, 0.2) is 5.58 Å². The van der Waals surface area contributed by atoms with Crippen molar-refractivity contribution >= 4 is 23.4 Å². The first kappa shape index (κ1) is 11.8. The summed E-state index contributed by atoms with van der Waals surface area (Å²) in [5.41, 5.74) is 6.10. The standard InChI is InChI=1S/C10H12N2O2.ClH/c11-6-3-7-13-10-8-4-1-2-5-9(8)14-12-10;/h1-2,4-5H,3,6-7,11H2;1H. The zero-order valence-corrected chi connectivity index (χ0v) is 9.00. The van der Waals surface area contributed by atoms with Crippen LogP contribution in [0.15, 0.2) is 28.8 Å². The molecule has 0 amide bonds. The fraction of sp³-hybridized carbons (Fsp3) is 0.300. The second kappa shape index (κ2) is 5.58. The Morgan fingerprint density at radius 2 is 2.13 bits per heavy atom. The summed E-state index contributed by atoms with van der Waals surface area (Å²) in [4.78, 5) is 0. The number of halogens is 1. The summed E-state index contributed by atoms with van der Waals surface area (Å²) in [6.45, 7) is 1.20. The lowest BCUT2D eigenvalue weighted by Gasteiger charge is -1.99. The molecule has 0 saturated heterocycles. The zero-order valence-electron chi connectivity index (χ0n) is 8.18. The van der Waals surface area contributed by atoms with E-state index in [9.17, 15) is 0 Å². The van der Waals surface area contributed by atoms with Gasteiger partial charge in [-0.15, -0.1) is 12.4 Å². The van der Waals surface area contributed by atoms with Crippen LogP contribution >= 0.6 is 12.4 Å². The molecule has 1 heterocycles. The van der Waals surface area contributed by atoms with Gasteiger partial charge in [-0.25, -0.2) is 0 Å². The average Bonchev–Trinajstić information content (AvgIpc) is 2.63. The number of benzene rings is 1.